The highest BCUT2D eigenvalue weighted by Gasteiger charge is 2.24. The van der Waals surface area contributed by atoms with E-state index >= 15 is 0 Å². The first-order chi connectivity index (χ1) is 5.65. The maximum absolute atomic E-state index is 10.2. The SMILES string of the molecule is COC1=NC(Cl)N([N+](=O)[O-])C=C1. The maximum Gasteiger partial charge on any atom is 0.261 e. The molecule has 66 valence electrons. The number of alkyl halides is 1. The average Bonchev–Trinajstić information content (AvgIpc) is 2.03. The largest absolute Gasteiger partial charge is 0.481 e. The molecule has 0 aromatic rings. The Morgan fingerprint density at radius 2 is 2.58 bits per heavy atom. The van der Waals surface area contributed by atoms with Crippen molar-refractivity contribution >= 4 is 17.5 Å². The summed E-state index contributed by atoms with van der Waals surface area (Å²) in [5.41, 5.74) is -1.04. The molecule has 1 atom stereocenters. The van der Waals surface area contributed by atoms with Gasteiger partial charge in [0.05, 0.1) is 13.3 Å². The Hall–Kier alpha value is -1.30. The van der Waals surface area contributed by atoms with E-state index in [0.29, 0.717) is 5.01 Å². The predicted octanol–water partition coefficient (Wildman–Crippen LogP) is 0.575. The van der Waals surface area contributed by atoms with E-state index in [4.69, 9.17) is 16.3 Å². The van der Waals surface area contributed by atoms with Crippen LogP contribution in [0.15, 0.2) is 17.3 Å². The zero-order valence-corrected chi connectivity index (χ0v) is 6.93. The Bertz CT molecular complexity index is 252. The second kappa shape index (κ2) is 3.40. The lowest BCUT2D eigenvalue weighted by Crippen LogP contribution is -2.33. The van der Waals surface area contributed by atoms with Crippen LogP contribution in [-0.4, -0.2) is 28.7 Å². The standard InChI is InChI=1S/C5H6ClN3O3/c1-12-4-2-3-8(9(10)11)5(6)7-4/h2-3,5H,1H3. The molecule has 0 amide bonds. The number of hydrazine groups is 1. The van der Waals surface area contributed by atoms with Gasteiger partial charge in [0.25, 0.3) is 5.62 Å². The normalized spacial score (nSPS) is 22.0. The molecule has 1 aliphatic rings. The summed E-state index contributed by atoms with van der Waals surface area (Å²) in [7, 11) is 1.41. The fourth-order valence-electron chi connectivity index (χ4n) is 0.671. The van der Waals surface area contributed by atoms with Gasteiger partial charge in [0.1, 0.15) is 0 Å². The van der Waals surface area contributed by atoms with Crippen LogP contribution in [-0.2, 0) is 4.74 Å². The molecule has 1 unspecified atom stereocenters. The number of hydrogen-bond donors (Lipinski definition) is 0. The summed E-state index contributed by atoms with van der Waals surface area (Å²) < 4.78 is 4.72. The molecule has 12 heavy (non-hydrogen) atoms. The molecule has 0 aliphatic carbocycles. The fourth-order valence-corrected chi connectivity index (χ4v) is 0.904. The second-order valence-corrected chi connectivity index (χ2v) is 2.31. The van der Waals surface area contributed by atoms with Crippen LogP contribution < -0.4 is 0 Å². The highest BCUT2D eigenvalue weighted by Crippen LogP contribution is 2.12. The predicted molar refractivity (Wildman–Crippen MR) is 42.1 cm³/mol. The molecule has 0 aromatic carbocycles. The van der Waals surface area contributed by atoms with E-state index in [1.165, 1.54) is 19.4 Å². The zero-order chi connectivity index (χ0) is 9.14. The van der Waals surface area contributed by atoms with Crippen molar-refractivity contribution in [1.29, 1.82) is 0 Å². The lowest BCUT2D eigenvalue weighted by Gasteiger charge is -2.16. The van der Waals surface area contributed by atoms with E-state index in [1.807, 2.05) is 0 Å². The van der Waals surface area contributed by atoms with Crippen molar-refractivity contribution in [2.75, 3.05) is 7.11 Å². The van der Waals surface area contributed by atoms with Gasteiger partial charge in [0.2, 0.25) is 5.90 Å². The van der Waals surface area contributed by atoms with E-state index in [1.54, 1.807) is 0 Å². The molecule has 0 saturated carbocycles. The number of halogens is 1. The first-order valence-electron chi connectivity index (χ1n) is 3.02. The third-order valence-corrected chi connectivity index (χ3v) is 1.52. The van der Waals surface area contributed by atoms with Crippen LogP contribution in [0.4, 0.5) is 0 Å². The summed E-state index contributed by atoms with van der Waals surface area (Å²) >= 11 is 5.52. The molecule has 0 spiro atoms. The van der Waals surface area contributed by atoms with Crippen molar-refractivity contribution in [3.63, 3.8) is 0 Å². The summed E-state index contributed by atoms with van der Waals surface area (Å²) in [6.45, 7) is 0. The van der Waals surface area contributed by atoms with E-state index in [0.717, 1.165) is 0 Å². The van der Waals surface area contributed by atoms with Gasteiger partial charge in [-0.25, -0.2) is 15.1 Å². The van der Waals surface area contributed by atoms with Crippen molar-refractivity contribution in [1.82, 2.24) is 5.01 Å². The number of rotatable bonds is 1. The van der Waals surface area contributed by atoms with Crippen LogP contribution in [0, 0.1) is 10.1 Å². The number of ether oxygens (including phenoxy) is 1. The van der Waals surface area contributed by atoms with Gasteiger partial charge in [-0.05, 0) is 0 Å². The number of hydrogen-bond acceptors (Lipinski definition) is 4. The Morgan fingerprint density at radius 1 is 1.92 bits per heavy atom. The minimum atomic E-state index is -1.04. The summed E-state index contributed by atoms with van der Waals surface area (Å²) in [5.74, 6) is 0.271. The molecule has 1 rings (SSSR count). The number of methoxy groups -OCH3 is 1. The number of aliphatic imine (C=N–C) groups is 1. The molecule has 7 heteroatoms. The summed E-state index contributed by atoms with van der Waals surface area (Å²) in [4.78, 5) is 13.9. The Morgan fingerprint density at radius 3 is 3.00 bits per heavy atom. The van der Waals surface area contributed by atoms with Crippen molar-refractivity contribution in [2.24, 2.45) is 4.99 Å². The monoisotopic (exact) mass is 191 g/mol. The number of nitrogens with zero attached hydrogens (tertiary/aromatic N) is 3. The Balaban J connectivity index is 2.74. The van der Waals surface area contributed by atoms with E-state index in [9.17, 15) is 10.1 Å². The van der Waals surface area contributed by atoms with Gasteiger partial charge in [-0.3, -0.25) is 0 Å². The van der Waals surface area contributed by atoms with Gasteiger partial charge >= 0.3 is 0 Å². The van der Waals surface area contributed by atoms with E-state index < -0.39 is 10.7 Å². The third-order valence-electron chi connectivity index (χ3n) is 1.22. The molecule has 0 saturated heterocycles. The fraction of sp³-hybridized carbons (Fsp3) is 0.400. The van der Waals surface area contributed by atoms with Crippen molar-refractivity contribution < 1.29 is 9.77 Å². The molecule has 1 aliphatic heterocycles. The molecule has 0 aromatic heterocycles. The Kier molecular flexibility index (Phi) is 2.49. The van der Waals surface area contributed by atoms with Gasteiger partial charge in [-0.2, -0.15) is 0 Å². The minimum Gasteiger partial charge on any atom is -0.481 e. The summed E-state index contributed by atoms with van der Waals surface area (Å²) in [6, 6.07) is 0. The molecule has 6 nitrogen and oxygen atoms in total. The van der Waals surface area contributed by atoms with Crippen LogP contribution in [0.25, 0.3) is 0 Å². The van der Waals surface area contributed by atoms with Crippen LogP contribution in [0.1, 0.15) is 0 Å². The van der Waals surface area contributed by atoms with E-state index in [-0.39, 0.29) is 5.90 Å². The Labute approximate surface area is 73.2 Å². The number of nitro groups is 1. The molecule has 0 fully saturated rings. The molecule has 0 radical (unpaired) electrons. The van der Waals surface area contributed by atoms with Crippen LogP contribution in [0.2, 0.25) is 0 Å². The second-order valence-electron chi connectivity index (χ2n) is 1.92. The lowest BCUT2D eigenvalue weighted by molar-refractivity contribution is -0.643. The van der Waals surface area contributed by atoms with Gasteiger partial charge in [-0.15, -0.1) is 0 Å². The van der Waals surface area contributed by atoms with Gasteiger partial charge in [0.15, 0.2) is 5.03 Å². The highest BCUT2D eigenvalue weighted by atomic mass is 35.5. The highest BCUT2D eigenvalue weighted by molar-refractivity contribution is 6.21. The topological polar surface area (TPSA) is 68.0 Å². The van der Waals surface area contributed by atoms with Crippen LogP contribution in [0.3, 0.4) is 0 Å². The van der Waals surface area contributed by atoms with Gasteiger partial charge < -0.3 is 4.74 Å². The quantitative estimate of drug-likeness (QED) is 0.263. The molecular formula is C5H6ClN3O3. The molecule has 0 N–H and O–H groups in total. The van der Waals surface area contributed by atoms with Gasteiger partial charge in [-0.1, -0.05) is 16.6 Å². The van der Waals surface area contributed by atoms with E-state index in [2.05, 4.69) is 4.99 Å². The first-order valence-corrected chi connectivity index (χ1v) is 3.45. The smallest absolute Gasteiger partial charge is 0.261 e. The summed E-state index contributed by atoms with van der Waals surface area (Å²) in [5, 5.41) is 10.3. The molecule has 0 bridgehead atoms. The van der Waals surface area contributed by atoms with Gasteiger partial charge in [0, 0.05) is 6.08 Å². The lowest BCUT2D eigenvalue weighted by atomic mass is 10.5. The first kappa shape index (κ1) is 8.79. The maximum atomic E-state index is 10.2. The average molecular weight is 192 g/mol. The van der Waals surface area contributed by atoms with Crippen molar-refractivity contribution in [2.45, 2.75) is 5.62 Å². The minimum absolute atomic E-state index is 0.271. The third kappa shape index (κ3) is 1.65. The zero-order valence-electron chi connectivity index (χ0n) is 6.18. The van der Waals surface area contributed by atoms with Crippen LogP contribution >= 0.6 is 11.6 Å². The van der Waals surface area contributed by atoms with Crippen LogP contribution in [0.5, 0.6) is 0 Å². The van der Waals surface area contributed by atoms with Crippen molar-refractivity contribution in [3.8, 4) is 0 Å². The molecule has 1 heterocycles. The molecular weight excluding hydrogens is 186 g/mol. The van der Waals surface area contributed by atoms with Crippen molar-refractivity contribution in [3.05, 3.63) is 22.4 Å². The summed E-state index contributed by atoms with van der Waals surface area (Å²) in [6.07, 6.45) is 2.56.